The highest BCUT2D eigenvalue weighted by atomic mass is 15.4. The summed E-state index contributed by atoms with van der Waals surface area (Å²) in [5.41, 5.74) is 0. The van der Waals surface area contributed by atoms with Crippen LogP contribution in [0.1, 0.15) is 19.3 Å². The van der Waals surface area contributed by atoms with Crippen molar-refractivity contribution in [3.63, 3.8) is 0 Å². The minimum Gasteiger partial charge on any atom is -0.448 e. The molecule has 1 aliphatic rings. The Morgan fingerprint density at radius 3 is 2.27 bits per heavy atom. The van der Waals surface area contributed by atoms with Crippen LogP contribution in [-0.4, -0.2) is 51.7 Å². The SMILES string of the molecule is [B]N([B])c1nnc(N2CCCCC2)n1[B]. The van der Waals surface area contributed by atoms with E-state index in [-0.39, 0.29) is 5.95 Å². The maximum Gasteiger partial charge on any atom is 0.243 e. The molecule has 0 aliphatic carbocycles. The number of piperidine rings is 1. The maximum absolute atomic E-state index is 5.78. The summed E-state index contributed by atoms with van der Waals surface area (Å²) in [6.07, 6.45) is 3.55. The van der Waals surface area contributed by atoms with Gasteiger partial charge in [-0.2, -0.15) is 0 Å². The highest BCUT2D eigenvalue weighted by molar-refractivity contribution is 6.41. The van der Waals surface area contributed by atoms with Crippen molar-refractivity contribution >= 4 is 35.8 Å². The predicted molar refractivity (Wildman–Crippen MR) is 61.2 cm³/mol. The number of aromatic nitrogens is 3. The molecule has 1 aromatic rings. The molecule has 0 atom stereocenters. The van der Waals surface area contributed by atoms with Crippen LogP contribution in [0, 0.1) is 0 Å². The van der Waals surface area contributed by atoms with Gasteiger partial charge >= 0.3 is 0 Å². The van der Waals surface area contributed by atoms with Crippen molar-refractivity contribution < 1.29 is 0 Å². The molecule has 0 bridgehead atoms. The van der Waals surface area contributed by atoms with Crippen LogP contribution in [0.5, 0.6) is 0 Å². The van der Waals surface area contributed by atoms with E-state index in [2.05, 4.69) is 15.1 Å². The average Bonchev–Trinajstić information content (AvgIpc) is 2.61. The molecular weight excluding hydrogens is 187 g/mol. The topological polar surface area (TPSA) is 37.2 Å². The zero-order valence-corrected chi connectivity index (χ0v) is 8.50. The second kappa shape index (κ2) is 4.20. The molecule has 8 heteroatoms. The first-order chi connectivity index (χ1) is 7.20. The van der Waals surface area contributed by atoms with Crippen molar-refractivity contribution in [2.45, 2.75) is 19.3 Å². The highest BCUT2D eigenvalue weighted by Crippen LogP contribution is 2.19. The van der Waals surface area contributed by atoms with Crippen LogP contribution < -0.4 is 9.62 Å². The van der Waals surface area contributed by atoms with Crippen LogP contribution in [0.25, 0.3) is 0 Å². The van der Waals surface area contributed by atoms with Gasteiger partial charge in [0.1, 0.15) is 0 Å². The Kier molecular flexibility index (Phi) is 2.93. The summed E-state index contributed by atoms with van der Waals surface area (Å²) < 4.78 is 2.17. The van der Waals surface area contributed by atoms with Crippen molar-refractivity contribution in [1.29, 1.82) is 0 Å². The van der Waals surface area contributed by atoms with Gasteiger partial charge in [0, 0.05) is 13.1 Å². The van der Waals surface area contributed by atoms with E-state index < -0.39 is 0 Å². The van der Waals surface area contributed by atoms with E-state index in [1.807, 2.05) is 0 Å². The van der Waals surface area contributed by atoms with Gasteiger partial charge in [-0.1, -0.05) is 0 Å². The molecule has 0 aromatic carbocycles. The predicted octanol–water partition coefficient (Wildman–Crippen LogP) is -0.827. The van der Waals surface area contributed by atoms with E-state index in [4.69, 9.17) is 23.9 Å². The summed E-state index contributed by atoms with van der Waals surface area (Å²) >= 11 is 0. The van der Waals surface area contributed by atoms with Gasteiger partial charge < -0.3 is 14.1 Å². The van der Waals surface area contributed by atoms with Crippen molar-refractivity contribution in [3.05, 3.63) is 0 Å². The lowest BCUT2D eigenvalue weighted by Gasteiger charge is -2.27. The Bertz CT molecular complexity index is 333. The fraction of sp³-hybridized carbons (Fsp3) is 0.714. The lowest BCUT2D eigenvalue weighted by molar-refractivity contribution is 0.567. The molecular formula is C7H10B3N5. The van der Waals surface area contributed by atoms with Crippen LogP contribution in [0.4, 0.5) is 11.9 Å². The third-order valence-electron chi connectivity index (χ3n) is 2.53. The summed E-state index contributed by atoms with van der Waals surface area (Å²) in [6.45, 7) is 1.90. The third-order valence-corrected chi connectivity index (χ3v) is 2.53. The van der Waals surface area contributed by atoms with Crippen LogP contribution in [0.15, 0.2) is 0 Å². The van der Waals surface area contributed by atoms with Crippen LogP contribution in [0.2, 0.25) is 0 Å². The van der Waals surface area contributed by atoms with Gasteiger partial charge in [-0.15, -0.1) is 10.2 Å². The zero-order valence-electron chi connectivity index (χ0n) is 8.50. The first-order valence-corrected chi connectivity index (χ1v) is 4.95. The van der Waals surface area contributed by atoms with Gasteiger partial charge in [0.25, 0.3) is 0 Å². The lowest BCUT2D eigenvalue weighted by Crippen LogP contribution is -2.32. The number of anilines is 2. The maximum atomic E-state index is 5.78. The molecule has 15 heavy (non-hydrogen) atoms. The van der Waals surface area contributed by atoms with E-state index in [9.17, 15) is 0 Å². The van der Waals surface area contributed by atoms with Crippen LogP contribution in [-0.2, 0) is 0 Å². The summed E-state index contributed by atoms with van der Waals surface area (Å²) in [7, 11) is 16.5. The molecule has 6 radical (unpaired) electrons. The molecule has 0 saturated carbocycles. The van der Waals surface area contributed by atoms with E-state index in [0.717, 1.165) is 30.7 Å². The van der Waals surface area contributed by atoms with Gasteiger partial charge in [-0.25, -0.2) is 0 Å². The minimum atomic E-state index is 0.246. The molecule has 1 fully saturated rings. The van der Waals surface area contributed by atoms with E-state index in [0.29, 0.717) is 5.95 Å². The van der Waals surface area contributed by atoms with Gasteiger partial charge in [-0.3, -0.25) is 0 Å². The molecule has 0 N–H and O–H groups in total. The van der Waals surface area contributed by atoms with Crippen LogP contribution >= 0.6 is 0 Å². The minimum absolute atomic E-state index is 0.246. The molecule has 0 spiro atoms. The smallest absolute Gasteiger partial charge is 0.243 e. The van der Waals surface area contributed by atoms with Gasteiger partial charge in [0.2, 0.25) is 29.9 Å². The number of rotatable bonds is 2. The van der Waals surface area contributed by atoms with Gasteiger partial charge in [0.15, 0.2) is 5.95 Å². The van der Waals surface area contributed by atoms with Crippen molar-refractivity contribution in [3.8, 4) is 0 Å². The fourth-order valence-corrected chi connectivity index (χ4v) is 1.76. The molecule has 1 saturated heterocycles. The summed E-state index contributed by atoms with van der Waals surface area (Å²) in [5, 5.41) is 7.79. The van der Waals surface area contributed by atoms with Crippen LogP contribution in [0.3, 0.4) is 0 Å². The number of hydrogen-bond donors (Lipinski definition) is 0. The summed E-state index contributed by atoms with van der Waals surface area (Å²) in [6, 6.07) is 0. The lowest BCUT2D eigenvalue weighted by atomic mass is 10.1. The molecule has 1 aromatic heterocycles. The summed E-state index contributed by atoms with van der Waals surface area (Å²) in [5.74, 6) is 0.862. The molecule has 5 nitrogen and oxygen atoms in total. The van der Waals surface area contributed by atoms with Crippen molar-refractivity contribution in [2.75, 3.05) is 22.7 Å². The van der Waals surface area contributed by atoms with Gasteiger partial charge in [-0.05, 0) is 19.3 Å². The van der Waals surface area contributed by atoms with E-state index in [1.165, 1.54) is 10.9 Å². The molecule has 0 unspecified atom stereocenters. The Hall–Kier alpha value is -1.07. The number of nitrogens with zero attached hydrogens (tertiary/aromatic N) is 5. The molecule has 72 valence electrons. The highest BCUT2D eigenvalue weighted by Gasteiger charge is 2.17. The second-order valence-corrected chi connectivity index (χ2v) is 3.62. The summed E-state index contributed by atoms with van der Waals surface area (Å²) in [4.78, 5) is 2.09. The Balaban J connectivity index is 2.20. The Morgan fingerprint density at radius 2 is 1.73 bits per heavy atom. The molecule has 2 heterocycles. The second-order valence-electron chi connectivity index (χ2n) is 3.62. The third kappa shape index (κ3) is 1.98. The Morgan fingerprint density at radius 1 is 1.07 bits per heavy atom. The van der Waals surface area contributed by atoms with E-state index >= 15 is 0 Å². The molecule has 2 rings (SSSR count). The van der Waals surface area contributed by atoms with Crippen molar-refractivity contribution in [1.82, 2.24) is 14.7 Å². The number of hydrogen-bond acceptors (Lipinski definition) is 4. The monoisotopic (exact) mass is 197 g/mol. The first kappa shape index (κ1) is 10.5. The quantitative estimate of drug-likeness (QED) is 0.579. The fourth-order valence-electron chi connectivity index (χ4n) is 1.76. The molecule has 1 aliphatic heterocycles. The normalized spacial score (nSPS) is 16.7. The van der Waals surface area contributed by atoms with Crippen molar-refractivity contribution in [2.24, 2.45) is 0 Å². The molecule has 0 amide bonds. The zero-order chi connectivity index (χ0) is 10.8. The first-order valence-electron chi connectivity index (χ1n) is 4.95. The van der Waals surface area contributed by atoms with E-state index in [1.54, 1.807) is 0 Å². The standard InChI is InChI=1S/C7H10B3N5/c8-14-6(11-12-7(14)15(9)10)13-4-2-1-3-5-13/h1-5H2. The largest absolute Gasteiger partial charge is 0.448 e. The van der Waals surface area contributed by atoms with Gasteiger partial charge in [0.05, 0.1) is 0 Å². The average molecular weight is 197 g/mol. The Labute approximate surface area is 93.1 Å².